The van der Waals surface area contributed by atoms with Crippen LogP contribution in [-0.4, -0.2) is 5.91 Å². The van der Waals surface area contributed by atoms with Gasteiger partial charge in [0.15, 0.2) is 0 Å². The number of fused-ring (bicyclic) bond motifs is 1. The fourth-order valence-corrected chi connectivity index (χ4v) is 4.96. The van der Waals surface area contributed by atoms with Gasteiger partial charge < -0.3 is 5.32 Å². The van der Waals surface area contributed by atoms with E-state index in [0.29, 0.717) is 0 Å². The van der Waals surface area contributed by atoms with Crippen LogP contribution in [0.2, 0.25) is 0 Å². The number of hydrogen-bond donors (Lipinski definition) is 1. The van der Waals surface area contributed by atoms with E-state index >= 15 is 0 Å². The third kappa shape index (κ3) is 2.95. The Hall–Kier alpha value is -1.95. The average Bonchev–Trinajstić information content (AvgIpc) is 3.33. The second-order valence-electron chi connectivity index (χ2n) is 5.13. The number of rotatable bonds is 4. The monoisotopic (exact) mass is 355 g/mol. The number of thiophene rings is 3. The van der Waals surface area contributed by atoms with E-state index in [-0.39, 0.29) is 11.9 Å². The van der Waals surface area contributed by atoms with Crippen molar-refractivity contribution in [3.8, 4) is 0 Å². The van der Waals surface area contributed by atoms with Crippen molar-refractivity contribution in [1.29, 1.82) is 0 Å². The second-order valence-corrected chi connectivity index (χ2v) is 7.97. The summed E-state index contributed by atoms with van der Waals surface area (Å²) in [5.41, 5.74) is 1.13. The van der Waals surface area contributed by atoms with Gasteiger partial charge in [-0.25, -0.2) is 0 Å². The molecule has 0 bridgehead atoms. The summed E-state index contributed by atoms with van der Waals surface area (Å²) in [6.45, 7) is 0. The highest BCUT2D eigenvalue weighted by Gasteiger charge is 2.20. The van der Waals surface area contributed by atoms with E-state index in [1.165, 1.54) is 11.3 Å². The molecule has 4 aromatic rings. The Labute approximate surface area is 146 Å². The van der Waals surface area contributed by atoms with Crippen LogP contribution in [0.3, 0.4) is 0 Å². The molecule has 1 amide bonds. The lowest BCUT2D eigenvalue weighted by Crippen LogP contribution is -2.27. The van der Waals surface area contributed by atoms with Gasteiger partial charge in [-0.05, 0) is 51.4 Å². The van der Waals surface area contributed by atoms with Gasteiger partial charge in [0.25, 0.3) is 5.91 Å². The molecule has 23 heavy (non-hydrogen) atoms. The molecular formula is C18H13NOS3. The van der Waals surface area contributed by atoms with Gasteiger partial charge in [0, 0.05) is 9.58 Å². The largest absolute Gasteiger partial charge is 0.340 e. The van der Waals surface area contributed by atoms with E-state index in [1.807, 2.05) is 47.2 Å². The number of benzene rings is 1. The van der Waals surface area contributed by atoms with Crippen LogP contribution in [0.5, 0.6) is 0 Å². The molecular weight excluding hydrogens is 342 g/mol. The fraction of sp³-hybridized carbons (Fsp3) is 0.0556. The van der Waals surface area contributed by atoms with Crippen molar-refractivity contribution in [1.82, 2.24) is 5.32 Å². The lowest BCUT2D eigenvalue weighted by atomic mass is 10.1. The first kappa shape index (κ1) is 14.6. The first-order valence-corrected chi connectivity index (χ1v) is 9.80. The van der Waals surface area contributed by atoms with Gasteiger partial charge in [-0.1, -0.05) is 24.3 Å². The van der Waals surface area contributed by atoms with E-state index in [0.717, 1.165) is 25.4 Å². The normalized spacial score (nSPS) is 12.3. The first-order valence-electron chi connectivity index (χ1n) is 7.16. The van der Waals surface area contributed by atoms with E-state index < -0.39 is 0 Å². The zero-order valence-corrected chi connectivity index (χ0v) is 14.5. The molecule has 5 heteroatoms. The summed E-state index contributed by atoms with van der Waals surface area (Å²) in [5.74, 6) is -0.0178. The third-order valence-corrected chi connectivity index (χ3v) is 6.38. The molecule has 0 aliphatic heterocycles. The minimum absolute atomic E-state index is 0.0178. The Balaban J connectivity index is 1.65. The highest BCUT2D eigenvalue weighted by Crippen LogP contribution is 2.30. The predicted octanol–water partition coefficient (Wildman–Crippen LogP) is 5.54. The van der Waals surface area contributed by atoms with Gasteiger partial charge in [-0.15, -0.1) is 22.7 Å². The SMILES string of the molecule is O=C(N[C@H](c1ccsc1)c1cccs1)c1cc2ccccc2s1. The van der Waals surface area contributed by atoms with Crippen molar-refractivity contribution in [2.45, 2.75) is 6.04 Å². The van der Waals surface area contributed by atoms with Crippen LogP contribution in [0.15, 0.2) is 64.7 Å². The lowest BCUT2D eigenvalue weighted by molar-refractivity contribution is 0.0947. The molecule has 2 nitrogen and oxygen atoms in total. The van der Waals surface area contributed by atoms with Gasteiger partial charge in [-0.2, -0.15) is 11.3 Å². The number of carbonyl (C=O) groups excluding carboxylic acids is 1. The summed E-state index contributed by atoms with van der Waals surface area (Å²) >= 11 is 4.85. The highest BCUT2D eigenvalue weighted by atomic mass is 32.1. The Morgan fingerprint density at radius 3 is 2.70 bits per heavy atom. The Morgan fingerprint density at radius 2 is 1.96 bits per heavy atom. The minimum Gasteiger partial charge on any atom is -0.340 e. The molecule has 1 aromatic carbocycles. The fourth-order valence-electron chi connectivity index (χ4n) is 2.51. The Bertz CT molecular complexity index is 855. The van der Waals surface area contributed by atoms with Gasteiger partial charge in [0.2, 0.25) is 0 Å². The molecule has 1 atom stereocenters. The molecule has 3 aromatic heterocycles. The van der Waals surface area contributed by atoms with Crippen LogP contribution in [0.1, 0.15) is 26.2 Å². The van der Waals surface area contributed by atoms with E-state index in [2.05, 4.69) is 22.8 Å². The maximum Gasteiger partial charge on any atom is 0.262 e. The standard InChI is InChI=1S/C18H13NOS3/c20-18(16-10-12-4-1-2-5-14(12)23-16)19-17(13-7-9-21-11-13)15-6-3-8-22-15/h1-11,17H,(H,19,20)/t17-/m1/s1. The van der Waals surface area contributed by atoms with E-state index in [1.54, 1.807) is 22.7 Å². The Kier molecular flexibility index (Phi) is 3.99. The summed E-state index contributed by atoms with van der Waals surface area (Å²) in [6, 6.07) is 16.1. The van der Waals surface area contributed by atoms with Crippen LogP contribution >= 0.6 is 34.0 Å². The van der Waals surface area contributed by atoms with Crippen molar-refractivity contribution in [3.63, 3.8) is 0 Å². The molecule has 0 aliphatic rings. The van der Waals surface area contributed by atoms with Crippen molar-refractivity contribution in [3.05, 3.63) is 80.0 Å². The van der Waals surface area contributed by atoms with Gasteiger partial charge in [0.05, 0.1) is 10.9 Å². The molecule has 114 valence electrons. The zero-order chi connectivity index (χ0) is 15.6. The Morgan fingerprint density at radius 1 is 1.04 bits per heavy atom. The van der Waals surface area contributed by atoms with Gasteiger partial charge in [-0.3, -0.25) is 4.79 Å². The van der Waals surface area contributed by atoms with Gasteiger partial charge in [0.1, 0.15) is 0 Å². The lowest BCUT2D eigenvalue weighted by Gasteiger charge is -2.16. The van der Waals surface area contributed by atoms with Crippen molar-refractivity contribution >= 4 is 50.0 Å². The van der Waals surface area contributed by atoms with Crippen molar-refractivity contribution in [2.75, 3.05) is 0 Å². The number of amides is 1. The molecule has 0 saturated carbocycles. The maximum atomic E-state index is 12.7. The minimum atomic E-state index is -0.0843. The maximum absolute atomic E-state index is 12.7. The zero-order valence-electron chi connectivity index (χ0n) is 12.1. The number of nitrogens with one attached hydrogen (secondary N) is 1. The summed E-state index contributed by atoms with van der Waals surface area (Å²) in [4.78, 5) is 14.6. The van der Waals surface area contributed by atoms with Crippen LogP contribution in [0.4, 0.5) is 0 Å². The van der Waals surface area contributed by atoms with Crippen molar-refractivity contribution in [2.24, 2.45) is 0 Å². The molecule has 0 spiro atoms. The third-order valence-electron chi connectivity index (χ3n) is 3.63. The van der Waals surface area contributed by atoms with Crippen LogP contribution in [0.25, 0.3) is 10.1 Å². The quantitative estimate of drug-likeness (QED) is 0.511. The second kappa shape index (κ2) is 6.28. The summed E-state index contributed by atoms with van der Waals surface area (Å²) in [5, 5.41) is 10.5. The molecule has 0 unspecified atom stereocenters. The molecule has 3 heterocycles. The molecule has 4 rings (SSSR count). The van der Waals surface area contributed by atoms with E-state index in [4.69, 9.17) is 0 Å². The van der Waals surface area contributed by atoms with E-state index in [9.17, 15) is 4.79 Å². The molecule has 0 saturated heterocycles. The predicted molar refractivity (Wildman–Crippen MR) is 99.8 cm³/mol. The smallest absolute Gasteiger partial charge is 0.262 e. The first-order chi connectivity index (χ1) is 11.3. The molecule has 0 aliphatic carbocycles. The van der Waals surface area contributed by atoms with Crippen LogP contribution < -0.4 is 5.32 Å². The number of carbonyl (C=O) groups is 1. The topological polar surface area (TPSA) is 29.1 Å². The molecule has 0 radical (unpaired) electrons. The molecule has 0 fully saturated rings. The summed E-state index contributed by atoms with van der Waals surface area (Å²) in [7, 11) is 0. The summed E-state index contributed by atoms with van der Waals surface area (Å²) < 4.78 is 1.14. The van der Waals surface area contributed by atoms with Crippen molar-refractivity contribution < 1.29 is 4.79 Å². The number of hydrogen-bond acceptors (Lipinski definition) is 4. The van der Waals surface area contributed by atoms with Gasteiger partial charge >= 0.3 is 0 Å². The van der Waals surface area contributed by atoms with Crippen LogP contribution in [0, 0.1) is 0 Å². The average molecular weight is 356 g/mol. The van der Waals surface area contributed by atoms with Crippen LogP contribution in [-0.2, 0) is 0 Å². The summed E-state index contributed by atoms with van der Waals surface area (Å²) in [6.07, 6.45) is 0. The highest BCUT2D eigenvalue weighted by molar-refractivity contribution is 7.20. The molecule has 1 N–H and O–H groups in total.